The number of carbonyl (C=O) groups excluding carboxylic acids is 1. The Morgan fingerprint density at radius 2 is 1.92 bits per heavy atom. The summed E-state index contributed by atoms with van der Waals surface area (Å²) in [6.07, 6.45) is 2.64. The van der Waals surface area contributed by atoms with E-state index in [4.69, 9.17) is 0 Å². The van der Waals surface area contributed by atoms with E-state index in [1.807, 2.05) is 0 Å². The Kier molecular flexibility index (Phi) is 7.70. The van der Waals surface area contributed by atoms with Crippen molar-refractivity contribution in [1.82, 2.24) is 15.5 Å². The van der Waals surface area contributed by atoms with Crippen LogP contribution in [-0.2, 0) is 11.2 Å². The molecule has 0 spiro atoms. The van der Waals surface area contributed by atoms with E-state index < -0.39 is 0 Å². The van der Waals surface area contributed by atoms with Crippen LogP contribution in [0.25, 0.3) is 0 Å². The molecule has 1 heterocycles. The highest BCUT2D eigenvalue weighted by molar-refractivity contribution is 5.80. The minimum atomic E-state index is -0.290. The molecule has 1 aliphatic rings. The second-order valence-corrected chi connectivity index (χ2v) is 6.56. The van der Waals surface area contributed by atoms with E-state index in [1.54, 1.807) is 12.1 Å². The number of likely N-dealkylation sites (tertiary alicyclic amines) is 1. The van der Waals surface area contributed by atoms with Crippen molar-refractivity contribution in [2.45, 2.75) is 33.1 Å². The molecule has 1 aliphatic heterocycles. The number of aliphatic imine (C=N–C) groups is 1. The highest BCUT2D eigenvalue weighted by Crippen LogP contribution is 2.15. The molecule has 6 heteroatoms. The van der Waals surface area contributed by atoms with Crippen LogP contribution in [0.2, 0.25) is 0 Å². The fourth-order valence-electron chi connectivity index (χ4n) is 2.85. The lowest BCUT2D eigenvalue weighted by Gasteiger charge is -2.33. The lowest BCUT2D eigenvalue weighted by molar-refractivity contribution is -0.120. The Hall–Kier alpha value is -2.11. The Labute approximate surface area is 149 Å². The van der Waals surface area contributed by atoms with Gasteiger partial charge in [-0.25, -0.2) is 4.39 Å². The highest BCUT2D eigenvalue weighted by atomic mass is 19.1. The van der Waals surface area contributed by atoms with Crippen LogP contribution in [0.4, 0.5) is 4.39 Å². The van der Waals surface area contributed by atoms with Crippen molar-refractivity contribution >= 4 is 11.9 Å². The molecule has 5 nitrogen and oxygen atoms in total. The molecule has 1 saturated heterocycles. The number of halogens is 1. The molecule has 0 bridgehead atoms. The van der Waals surface area contributed by atoms with Gasteiger partial charge in [-0.1, -0.05) is 19.1 Å². The summed E-state index contributed by atoms with van der Waals surface area (Å²) >= 11 is 0. The number of guanidine groups is 1. The van der Waals surface area contributed by atoms with Crippen molar-refractivity contribution in [3.05, 3.63) is 35.6 Å². The molecular weight excluding hydrogens is 319 g/mol. The van der Waals surface area contributed by atoms with Crippen LogP contribution in [0.3, 0.4) is 0 Å². The van der Waals surface area contributed by atoms with Crippen LogP contribution < -0.4 is 10.6 Å². The fourth-order valence-corrected chi connectivity index (χ4v) is 2.85. The van der Waals surface area contributed by atoms with E-state index in [0.29, 0.717) is 13.1 Å². The van der Waals surface area contributed by atoms with Gasteiger partial charge < -0.3 is 15.5 Å². The van der Waals surface area contributed by atoms with E-state index in [-0.39, 0.29) is 18.1 Å². The maximum absolute atomic E-state index is 12.9. The Bertz CT molecular complexity index is 565. The topological polar surface area (TPSA) is 56.7 Å². The largest absolute Gasteiger partial charge is 0.357 e. The number of hydrogen-bond acceptors (Lipinski definition) is 2. The average Bonchev–Trinajstić information content (AvgIpc) is 2.60. The third kappa shape index (κ3) is 6.72. The van der Waals surface area contributed by atoms with E-state index in [9.17, 15) is 9.18 Å². The zero-order valence-electron chi connectivity index (χ0n) is 15.2. The van der Waals surface area contributed by atoms with Gasteiger partial charge in [-0.3, -0.25) is 9.79 Å². The van der Waals surface area contributed by atoms with Gasteiger partial charge in [0.25, 0.3) is 0 Å². The Morgan fingerprint density at radius 3 is 2.56 bits per heavy atom. The molecule has 2 N–H and O–H groups in total. The standard InChI is InChI=1S/C19H29FN4O/c1-3-21-19(24-12-8-15(2)9-13-24)23-11-10-22-18(25)14-16-4-6-17(20)7-5-16/h4-7,15H,3,8-14H2,1-2H3,(H,21,23)(H,22,25). The third-order valence-electron chi connectivity index (χ3n) is 4.39. The summed E-state index contributed by atoms with van der Waals surface area (Å²) in [6.45, 7) is 8.29. The minimum Gasteiger partial charge on any atom is -0.357 e. The Morgan fingerprint density at radius 1 is 1.24 bits per heavy atom. The molecule has 0 unspecified atom stereocenters. The first kappa shape index (κ1) is 19.2. The average molecular weight is 348 g/mol. The first-order valence-corrected chi connectivity index (χ1v) is 9.13. The number of carbonyl (C=O) groups is 1. The molecule has 25 heavy (non-hydrogen) atoms. The van der Waals surface area contributed by atoms with Crippen molar-refractivity contribution in [1.29, 1.82) is 0 Å². The van der Waals surface area contributed by atoms with Crippen molar-refractivity contribution < 1.29 is 9.18 Å². The molecule has 1 aromatic carbocycles. The maximum Gasteiger partial charge on any atom is 0.224 e. The normalized spacial score (nSPS) is 16.0. The van der Waals surface area contributed by atoms with Crippen molar-refractivity contribution in [3.8, 4) is 0 Å². The van der Waals surface area contributed by atoms with Gasteiger partial charge in [0, 0.05) is 26.2 Å². The van der Waals surface area contributed by atoms with Crippen molar-refractivity contribution in [3.63, 3.8) is 0 Å². The molecule has 0 aliphatic carbocycles. The molecule has 0 radical (unpaired) electrons. The number of piperidine rings is 1. The number of nitrogens with one attached hydrogen (secondary N) is 2. The lowest BCUT2D eigenvalue weighted by Crippen LogP contribution is -2.45. The van der Waals surface area contributed by atoms with Gasteiger partial charge in [-0.15, -0.1) is 0 Å². The van der Waals surface area contributed by atoms with E-state index >= 15 is 0 Å². The molecule has 1 amide bonds. The van der Waals surface area contributed by atoms with Gasteiger partial charge in [0.05, 0.1) is 13.0 Å². The van der Waals surface area contributed by atoms with E-state index in [0.717, 1.165) is 37.1 Å². The minimum absolute atomic E-state index is 0.0707. The predicted molar refractivity (Wildman–Crippen MR) is 99.1 cm³/mol. The highest BCUT2D eigenvalue weighted by Gasteiger charge is 2.18. The van der Waals surface area contributed by atoms with E-state index in [2.05, 4.69) is 34.4 Å². The number of rotatable bonds is 6. The summed E-state index contributed by atoms with van der Waals surface area (Å²) in [7, 11) is 0. The first-order chi connectivity index (χ1) is 12.1. The van der Waals surface area contributed by atoms with Gasteiger partial charge in [-0.05, 0) is 43.4 Å². The van der Waals surface area contributed by atoms with Crippen molar-refractivity contribution in [2.75, 3.05) is 32.7 Å². The fraction of sp³-hybridized carbons (Fsp3) is 0.579. The van der Waals surface area contributed by atoms with Gasteiger partial charge >= 0.3 is 0 Å². The smallest absolute Gasteiger partial charge is 0.224 e. The lowest BCUT2D eigenvalue weighted by atomic mass is 10.00. The SMILES string of the molecule is CCNC(=NCCNC(=O)Cc1ccc(F)cc1)N1CCC(C)CC1. The molecule has 138 valence electrons. The maximum atomic E-state index is 12.9. The molecule has 2 rings (SSSR count). The van der Waals surface area contributed by atoms with E-state index in [1.165, 1.54) is 25.0 Å². The van der Waals surface area contributed by atoms with Crippen LogP contribution >= 0.6 is 0 Å². The number of benzene rings is 1. The summed E-state index contributed by atoms with van der Waals surface area (Å²) < 4.78 is 12.9. The van der Waals surface area contributed by atoms with Crippen LogP contribution in [-0.4, -0.2) is 49.5 Å². The van der Waals surface area contributed by atoms with Crippen LogP contribution in [0.1, 0.15) is 32.3 Å². The Balaban J connectivity index is 1.75. The van der Waals surface area contributed by atoms with Crippen LogP contribution in [0, 0.1) is 11.7 Å². The summed E-state index contributed by atoms with van der Waals surface area (Å²) in [5.74, 6) is 1.35. The van der Waals surface area contributed by atoms with Crippen LogP contribution in [0.15, 0.2) is 29.3 Å². The van der Waals surface area contributed by atoms with Gasteiger partial charge in [0.15, 0.2) is 5.96 Å². The zero-order valence-corrected chi connectivity index (χ0v) is 15.2. The van der Waals surface area contributed by atoms with Crippen molar-refractivity contribution in [2.24, 2.45) is 10.9 Å². The molecule has 0 saturated carbocycles. The van der Waals surface area contributed by atoms with Gasteiger partial charge in [-0.2, -0.15) is 0 Å². The summed E-state index contributed by atoms with van der Waals surface area (Å²) in [5, 5.41) is 6.20. The molecule has 1 fully saturated rings. The second kappa shape index (κ2) is 10.0. The first-order valence-electron chi connectivity index (χ1n) is 9.13. The quantitative estimate of drug-likeness (QED) is 0.471. The monoisotopic (exact) mass is 348 g/mol. The van der Waals surface area contributed by atoms with Gasteiger partial charge in [0.2, 0.25) is 5.91 Å². The second-order valence-electron chi connectivity index (χ2n) is 6.56. The number of nitrogens with zero attached hydrogens (tertiary/aromatic N) is 2. The number of amides is 1. The molecular formula is C19H29FN4O. The number of hydrogen-bond donors (Lipinski definition) is 2. The molecule has 0 atom stereocenters. The predicted octanol–water partition coefficient (Wildman–Crippen LogP) is 2.18. The third-order valence-corrected chi connectivity index (χ3v) is 4.39. The zero-order chi connectivity index (χ0) is 18.1. The van der Waals surface area contributed by atoms with Crippen LogP contribution in [0.5, 0.6) is 0 Å². The summed E-state index contributed by atoms with van der Waals surface area (Å²) in [6, 6.07) is 6.01. The molecule has 1 aromatic rings. The summed E-state index contributed by atoms with van der Waals surface area (Å²) in [5.41, 5.74) is 0.804. The van der Waals surface area contributed by atoms with Gasteiger partial charge in [0.1, 0.15) is 5.82 Å². The summed E-state index contributed by atoms with van der Waals surface area (Å²) in [4.78, 5) is 18.8. The molecule has 0 aromatic heterocycles.